The zero-order chi connectivity index (χ0) is 22.0. The Labute approximate surface area is 176 Å². The van der Waals surface area contributed by atoms with Crippen molar-refractivity contribution in [2.24, 2.45) is 5.92 Å². The van der Waals surface area contributed by atoms with Gasteiger partial charge in [-0.25, -0.2) is 0 Å². The Balaban J connectivity index is 1.33. The number of anilines is 1. The fourth-order valence-electron chi connectivity index (χ4n) is 3.59. The third-order valence-electron chi connectivity index (χ3n) is 5.55. The molecule has 2 fully saturated rings. The van der Waals surface area contributed by atoms with Gasteiger partial charge in [-0.15, -0.1) is 10.2 Å². The van der Waals surface area contributed by atoms with Crippen molar-refractivity contribution in [3.8, 4) is 0 Å². The molecule has 2 N–H and O–H groups in total. The summed E-state index contributed by atoms with van der Waals surface area (Å²) in [7, 11) is 0. The number of nitrogens with one attached hydrogen (secondary N) is 2. The number of piperazine rings is 1. The lowest BCUT2D eigenvalue weighted by Crippen LogP contribution is -2.49. The number of nitrogens with zero attached hydrogens (tertiary/aromatic N) is 4. The van der Waals surface area contributed by atoms with Crippen molar-refractivity contribution in [3.63, 3.8) is 0 Å². The number of rotatable bonds is 6. The second-order valence-corrected chi connectivity index (χ2v) is 7.81. The molecule has 11 heteroatoms. The standard InChI is InChI=1S/C20H23F3N6O2/c21-20(22,23)15-4-2-1-3-14(15)18(31)28-9-11-29(12-10-28)19-25-16(26-27-19)17(30)24-8-7-13-5-6-13/h1-4,13H,5-12H2,(H,24,30)(H,25,26,27). The molecule has 1 saturated carbocycles. The van der Waals surface area contributed by atoms with Crippen molar-refractivity contribution in [3.05, 3.63) is 41.2 Å². The first-order valence-electron chi connectivity index (χ1n) is 10.2. The zero-order valence-corrected chi connectivity index (χ0v) is 16.8. The van der Waals surface area contributed by atoms with Gasteiger partial charge in [0, 0.05) is 32.7 Å². The van der Waals surface area contributed by atoms with Crippen LogP contribution in [-0.4, -0.2) is 64.6 Å². The number of hydrogen-bond donors (Lipinski definition) is 2. The second-order valence-electron chi connectivity index (χ2n) is 7.81. The van der Waals surface area contributed by atoms with Crippen LogP contribution in [0.4, 0.5) is 19.1 Å². The van der Waals surface area contributed by atoms with Crippen LogP contribution in [-0.2, 0) is 6.18 Å². The van der Waals surface area contributed by atoms with Crippen LogP contribution >= 0.6 is 0 Å². The van der Waals surface area contributed by atoms with Gasteiger partial charge >= 0.3 is 6.18 Å². The van der Waals surface area contributed by atoms with E-state index in [1.54, 1.807) is 0 Å². The Morgan fingerprint density at radius 1 is 1.10 bits per heavy atom. The van der Waals surface area contributed by atoms with Crippen LogP contribution in [0.2, 0.25) is 0 Å². The van der Waals surface area contributed by atoms with Crippen LogP contribution < -0.4 is 10.2 Å². The summed E-state index contributed by atoms with van der Waals surface area (Å²) in [5, 5.41) is 10.7. The summed E-state index contributed by atoms with van der Waals surface area (Å²) in [4.78, 5) is 30.9. The molecule has 0 atom stereocenters. The van der Waals surface area contributed by atoms with Crippen molar-refractivity contribution in [2.75, 3.05) is 37.6 Å². The van der Waals surface area contributed by atoms with Crippen LogP contribution in [0.5, 0.6) is 0 Å². The number of halogens is 3. The summed E-state index contributed by atoms with van der Waals surface area (Å²) in [6.45, 7) is 1.78. The van der Waals surface area contributed by atoms with Crippen LogP contribution in [0.1, 0.15) is 45.8 Å². The largest absolute Gasteiger partial charge is 0.417 e. The molecule has 8 nitrogen and oxygen atoms in total. The molecule has 0 radical (unpaired) electrons. The first-order valence-corrected chi connectivity index (χ1v) is 10.2. The molecule has 1 aromatic heterocycles. The summed E-state index contributed by atoms with van der Waals surface area (Å²) in [6.07, 6.45) is -1.19. The van der Waals surface area contributed by atoms with Crippen molar-refractivity contribution in [1.29, 1.82) is 0 Å². The van der Waals surface area contributed by atoms with Gasteiger partial charge in [-0.2, -0.15) is 13.2 Å². The number of carbonyl (C=O) groups is 2. The van der Waals surface area contributed by atoms with E-state index >= 15 is 0 Å². The SMILES string of the molecule is O=C(NCCC1CC1)c1nnc(N2CCN(C(=O)c3ccccc3C(F)(F)F)CC2)[nH]1. The number of alkyl halides is 3. The molecular weight excluding hydrogens is 413 g/mol. The molecule has 2 heterocycles. The molecule has 166 valence electrons. The van der Waals surface area contributed by atoms with Gasteiger partial charge in [-0.05, 0) is 24.5 Å². The molecule has 0 spiro atoms. The molecule has 0 unspecified atom stereocenters. The highest BCUT2D eigenvalue weighted by atomic mass is 19.4. The molecule has 2 amide bonds. The van der Waals surface area contributed by atoms with E-state index in [9.17, 15) is 22.8 Å². The minimum absolute atomic E-state index is 0.114. The maximum absolute atomic E-state index is 13.2. The third kappa shape index (κ3) is 4.97. The first kappa shape index (κ1) is 21.1. The average molecular weight is 436 g/mol. The summed E-state index contributed by atoms with van der Waals surface area (Å²) >= 11 is 0. The summed E-state index contributed by atoms with van der Waals surface area (Å²) < 4.78 is 39.6. The summed E-state index contributed by atoms with van der Waals surface area (Å²) in [6, 6.07) is 4.79. The molecule has 2 aromatic rings. The van der Waals surface area contributed by atoms with E-state index < -0.39 is 17.6 Å². The predicted molar refractivity (Wildman–Crippen MR) is 106 cm³/mol. The van der Waals surface area contributed by atoms with Crippen molar-refractivity contribution in [2.45, 2.75) is 25.4 Å². The van der Waals surface area contributed by atoms with Gasteiger partial charge < -0.3 is 20.1 Å². The van der Waals surface area contributed by atoms with Gasteiger partial charge in [0.05, 0.1) is 11.1 Å². The number of H-pyrrole nitrogens is 1. The van der Waals surface area contributed by atoms with E-state index in [-0.39, 0.29) is 30.4 Å². The molecular formula is C20H23F3N6O2. The van der Waals surface area contributed by atoms with Gasteiger partial charge in [0.25, 0.3) is 11.8 Å². The number of benzene rings is 1. The Kier molecular flexibility index (Phi) is 5.84. The van der Waals surface area contributed by atoms with Gasteiger partial charge in [-0.3, -0.25) is 9.59 Å². The zero-order valence-electron chi connectivity index (χ0n) is 16.8. The van der Waals surface area contributed by atoms with Gasteiger partial charge in [0.1, 0.15) is 0 Å². The molecule has 0 bridgehead atoms. The van der Waals surface area contributed by atoms with Crippen molar-refractivity contribution >= 4 is 17.8 Å². The summed E-state index contributed by atoms with van der Waals surface area (Å²) in [5.41, 5.74) is -1.29. The normalized spacial score (nSPS) is 17.0. The highest BCUT2D eigenvalue weighted by Crippen LogP contribution is 2.33. The Morgan fingerprint density at radius 3 is 2.48 bits per heavy atom. The molecule has 1 aliphatic carbocycles. The van der Waals surface area contributed by atoms with E-state index in [1.165, 1.54) is 35.9 Å². The average Bonchev–Trinajstić information content (AvgIpc) is 3.45. The number of aromatic nitrogens is 3. The predicted octanol–water partition coefficient (Wildman–Crippen LogP) is 2.32. The monoisotopic (exact) mass is 436 g/mol. The van der Waals surface area contributed by atoms with E-state index in [0.717, 1.165) is 12.5 Å². The van der Waals surface area contributed by atoms with Crippen LogP contribution in [0.3, 0.4) is 0 Å². The van der Waals surface area contributed by atoms with Crippen LogP contribution in [0, 0.1) is 5.92 Å². The smallest absolute Gasteiger partial charge is 0.349 e. The van der Waals surface area contributed by atoms with Crippen molar-refractivity contribution < 1.29 is 22.8 Å². The van der Waals surface area contributed by atoms with Gasteiger partial charge in [0.2, 0.25) is 11.8 Å². The molecule has 1 saturated heterocycles. The van der Waals surface area contributed by atoms with E-state index in [2.05, 4.69) is 20.5 Å². The fraction of sp³-hybridized carbons (Fsp3) is 0.500. The quantitative estimate of drug-likeness (QED) is 0.725. The minimum atomic E-state index is -4.59. The minimum Gasteiger partial charge on any atom is -0.349 e. The lowest BCUT2D eigenvalue weighted by atomic mass is 10.1. The number of aromatic amines is 1. The van der Waals surface area contributed by atoms with Crippen molar-refractivity contribution in [1.82, 2.24) is 25.4 Å². The molecule has 31 heavy (non-hydrogen) atoms. The van der Waals surface area contributed by atoms with Crippen LogP contribution in [0.15, 0.2) is 24.3 Å². The second kappa shape index (κ2) is 8.56. The van der Waals surface area contributed by atoms with Gasteiger partial charge in [0.15, 0.2) is 0 Å². The number of carbonyl (C=O) groups excluding carboxylic acids is 2. The molecule has 2 aliphatic rings. The molecule has 4 rings (SSSR count). The maximum Gasteiger partial charge on any atom is 0.417 e. The lowest BCUT2D eigenvalue weighted by Gasteiger charge is -2.34. The highest BCUT2D eigenvalue weighted by molar-refractivity contribution is 5.96. The number of hydrogen-bond acceptors (Lipinski definition) is 5. The van der Waals surface area contributed by atoms with Crippen LogP contribution in [0.25, 0.3) is 0 Å². The lowest BCUT2D eigenvalue weighted by molar-refractivity contribution is -0.138. The van der Waals surface area contributed by atoms with Gasteiger partial charge in [-0.1, -0.05) is 25.0 Å². The Bertz CT molecular complexity index is 948. The first-order chi connectivity index (χ1) is 14.8. The fourth-order valence-corrected chi connectivity index (χ4v) is 3.59. The third-order valence-corrected chi connectivity index (χ3v) is 5.55. The summed E-state index contributed by atoms with van der Waals surface area (Å²) in [5.74, 6) is 0.254. The van der Waals surface area contributed by atoms with E-state index in [0.29, 0.717) is 31.5 Å². The maximum atomic E-state index is 13.2. The number of amides is 2. The molecule has 1 aromatic carbocycles. The highest BCUT2D eigenvalue weighted by Gasteiger charge is 2.36. The Hall–Kier alpha value is -3.11. The topological polar surface area (TPSA) is 94.2 Å². The van der Waals surface area contributed by atoms with E-state index in [1.807, 2.05) is 4.90 Å². The van der Waals surface area contributed by atoms with E-state index in [4.69, 9.17) is 0 Å². The Morgan fingerprint density at radius 2 is 1.81 bits per heavy atom. The molecule has 1 aliphatic heterocycles.